The summed E-state index contributed by atoms with van der Waals surface area (Å²) in [5, 5.41) is 8.80. The van der Waals surface area contributed by atoms with E-state index in [1.165, 1.54) is 0 Å². The van der Waals surface area contributed by atoms with E-state index < -0.39 is 0 Å². The van der Waals surface area contributed by atoms with Crippen molar-refractivity contribution in [3.8, 4) is 11.5 Å². The topological polar surface area (TPSA) is 64.7 Å². The van der Waals surface area contributed by atoms with E-state index in [9.17, 15) is 0 Å². The van der Waals surface area contributed by atoms with Crippen LogP contribution < -0.4 is 15.2 Å². The third-order valence-electron chi connectivity index (χ3n) is 2.43. The zero-order valence-corrected chi connectivity index (χ0v) is 8.48. The second-order valence-electron chi connectivity index (χ2n) is 3.52. The van der Waals surface area contributed by atoms with Gasteiger partial charge in [0.15, 0.2) is 11.5 Å². The van der Waals surface area contributed by atoms with Crippen molar-refractivity contribution in [2.24, 2.45) is 5.73 Å². The molecule has 1 heterocycles. The molecule has 0 amide bonds. The predicted molar refractivity (Wildman–Crippen MR) is 56.1 cm³/mol. The van der Waals surface area contributed by atoms with Crippen LogP contribution in [-0.4, -0.2) is 24.9 Å². The highest BCUT2D eigenvalue weighted by atomic mass is 16.6. The minimum Gasteiger partial charge on any atom is -0.486 e. The molecule has 1 aromatic rings. The molecular weight excluding hydrogens is 194 g/mol. The minimum absolute atomic E-state index is 0.0929. The van der Waals surface area contributed by atoms with Crippen LogP contribution in [0.3, 0.4) is 0 Å². The van der Waals surface area contributed by atoms with Crippen molar-refractivity contribution in [3.63, 3.8) is 0 Å². The van der Waals surface area contributed by atoms with E-state index in [-0.39, 0.29) is 12.6 Å². The maximum atomic E-state index is 8.80. The Hall–Kier alpha value is -1.26. The van der Waals surface area contributed by atoms with Gasteiger partial charge in [-0.25, -0.2) is 0 Å². The Morgan fingerprint density at radius 3 is 2.73 bits per heavy atom. The molecule has 1 aliphatic rings. The van der Waals surface area contributed by atoms with Gasteiger partial charge < -0.3 is 20.3 Å². The van der Waals surface area contributed by atoms with E-state index in [4.69, 9.17) is 20.3 Å². The van der Waals surface area contributed by atoms with Crippen molar-refractivity contribution in [2.75, 3.05) is 19.8 Å². The molecule has 0 fully saturated rings. The van der Waals surface area contributed by atoms with E-state index in [1.54, 1.807) is 0 Å². The summed E-state index contributed by atoms with van der Waals surface area (Å²) in [6.45, 7) is 1.26. The van der Waals surface area contributed by atoms with Gasteiger partial charge in [0.05, 0.1) is 0 Å². The maximum Gasteiger partial charge on any atom is 0.161 e. The fourth-order valence-electron chi connectivity index (χ4n) is 1.60. The van der Waals surface area contributed by atoms with Crippen LogP contribution in [-0.2, 0) is 0 Å². The molecule has 0 spiro atoms. The molecular formula is C11H15NO3. The lowest BCUT2D eigenvalue weighted by Crippen LogP contribution is -2.17. The van der Waals surface area contributed by atoms with Crippen LogP contribution >= 0.6 is 0 Å². The normalized spacial score (nSPS) is 16.1. The fourth-order valence-corrected chi connectivity index (χ4v) is 1.60. The number of aliphatic hydroxyl groups is 1. The Balaban J connectivity index is 2.20. The number of aliphatic hydroxyl groups excluding tert-OH is 1. The Labute approximate surface area is 88.6 Å². The Morgan fingerprint density at radius 1 is 1.27 bits per heavy atom. The lowest BCUT2D eigenvalue weighted by molar-refractivity contribution is 0.171. The smallest absolute Gasteiger partial charge is 0.161 e. The number of ether oxygens (including phenoxy) is 2. The summed E-state index contributed by atoms with van der Waals surface area (Å²) in [4.78, 5) is 0. The zero-order valence-electron chi connectivity index (χ0n) is 8.48. The van der Waals surface area contributed by atoms with Gasteiger partial charge >= 0.3 is 0 Å². The van der Waals surface area contributed by atoms with Crippen LogP contribution in [0.4, 0.5) is 0 Å². The molecule has 4 nitrogen and oxygen atoms in total. The fraction of sp³-hybridized carbons (Fsp3) is 0.455. The number of nitrogens with two attached hydrogens (primary N) is 1. The van der Waals surface area contributed by atoms with Crippen molar-refractivity contribution in [1.82, 2.24) is 0 Å². The van der Waals surface area contributed by atoms with Crippen LogP contribution in [0, 0.1) is 0 Å². The zero-order chi connectivity index (χ0) is 10.7. The first-order chi connectivity index (χ1) is 7.31. The van der Waals surface area contributed by atoms with Gasteiger partial charge in [0.25, 0.3) is 0 Å². The molecule has 4 heteroatoms. The first kappa shape index (κ1) is 10.3. The summed E-state index contributed by atoms with van der Waals surface area (Å²) in [7, 11) is 0. The van der Waals surface area contributed by atoms with E-state index in [0.29, 0.717) is 19.6 Å². The molecule has 0 unspecified atom stereocenters. The molecule has 0 saturated heterocycles. The Bertz CT molecular complexity index is 341. The molecule has 1 aromatic carbocycles. The van der Waals surface area contributed by atoms with Crippen molar-refractivity contribution in [2.45, 2.75) is 12.5 Å². The van der Waals surface area contributed by atoms with Gasteiger partial charge in [-0.3, -0.25) is 0 Å². The summed E-state index contributed by atoms with van der Waals surface area (Å²) in [6, 6.07) is 5.51. The van der Waals surface area contributed by atoms with Gasteiger partial charge in [0.1, 0.15) is 13.2 Å². The monoisotopic (exact) mass is 209 g/mol. The third-order valence-corrected chi connectivity index (χ3v) is 2.43. The first-order valence-electron chi connectivity index (χ1n) is 5.07. The quantitative estimate of drug-likeness (QED) is 0.774. The summed E-state index contributed by atoms with van der Waals surface area (Å²) in [6.07, 6.45) is 0.555. The number of hydrogen-bond donors (Lipinski definition) is 2. The molecule has 0 saturated carbocycles. The van der Waals surface area contributed by atoms with Crippen LogP contribution in [0.15, 0.2) is 18.2 Å². The Kier molecular flexibility index (Phi) is 3.08. The number of fused-ring (bicyclic) bond motifs is 1. The molecule has 2 rings (SSSR count). The average molecular weight is 209 g/mol. The maximum absolute atomic E-state index is 8.80. The second-order valence-corrected chi connectivity index (χ2v) is 3.52. The largest absolute Gasteiger partial charge is 0.486 e. The van der Waals surface area contributed by atoms with E-state index in [0.717, 1.165) is 17.1 Å². The van der Waals surface area contributed by atoms with Crippen LogP contribution in [0.25, 0.3) is 0 Å². The average Bonchev–Trinajstić information content (AvgIpc) is 2.29. The highest BCUT2D eigenvalue weighted by Gasteiger charge is 2.14. The van der Waals surface area contributed by atoms with Gasteiger partial charge in [0, 0.05) is 12.6 Å². The summed E-state index contributed by atoms with van der Waals surface area (Å²) < 4.78 is 10.9. The van der Waals surface area contributed by atoms with Gasteiger partial charge in [0.2, 0.25) is 0 Å². The van der Waals surface area contributed by atoms with Crippen LogP contribution in [0.2, 0.25) is 0 Å². The van der Waals surface area contributed by atoms with Crippen molar-refractivity contribution >= 4 is 0 Å². The first-order valence-corrected chi connectivity index (χ1v) is 5.07. The van der Waals surface area contributed by atoms with E-state index in [1.807, 2.05) is 18.2 Å². The molecule has 0 bridgehead atoms. The SMILES string of the molecule is N[C@H](CCO)c1ccc2c(c1)OCCO2. The second kappa shape index (κ2) is 4.51. The van der Waals surface area contributed by atoms with E-state index >= 15 is 0 Å². The molecule has 3 N–H and O–H groups in total. The summed E-state index contributed by atoms with van der Waals surface area (Å²) in [5.74, 6) is 1.51. The molecule has 0 aromatic heterocycles. The summed E-state index contributed by atoms with van der Waals surface area (Å²) >= 11 is 0. The highest BCUT2D eigenvalue weighted by Crippen LogP contribution is 2.32. The van der Waals surface area contributed by atoms with Gasteiger partial charge in [-0.05, 0) is 24.1 Å². The highest BCUT2D eigenvalue weighted by molar-refractivity contribution is 5.44. The van der Waals surface area contributed by atoms with Crippen LogP contribution in [0.5, 0.6) is 11.5 Å². The van der Waals surface area contributed by atoms with Crippen molar-refractivity contribution < 1.29 is 14.6 Å². The minimum atomic E-state index is -0.147. The lowest BCUT2D eigenvalue weighted by Gasteiger charge is -2.20. The molecule has 1 aliphatic heterocycles. The third kappa shape index (κ3) is 2.22. The number of benzene rings is 1. The summed E-state index contributed by atoms with van der Waals surface area (Å²) in [5.41, 5.74) is 6.85. The van der Waals surface area contributed by atoms with Crippen molar-refractivity contribution in [1.29, 1.82) is 0 Å². The lowest BCUT2D eigenvalue weighted by atomic mass is 10.0. The van der Waals surface area contributed by atoms with Crippen LogP contribution in [0.1, 0.15) is 18.0 Å². The number of hydrogen-bond acceptors (Lipinski definition) is 4. The van der Waals surface area contributed by atoms with Gasteiger partial charge in [-0.1, -0.05) is 6.07 Å². The van der Waals surface area contributed by atoms with Gasteiger partial charge in [-0.2, -0.15) is 0 Å². The molecule has 1 atom stereocenters. The molecule has 15 heavy (non-hydrogen) atoms. The van der Waals surface area contributed by atoms with Crippen molar-refractivity contribution in [3.05, 3.63) is 23.8 Å². The number of rotatable bonds is 3. The standard InChI is InChI=1S/C11H15NO3/c12-9(3-4-13)8-1-2-10-11(7-8)15-6-5-14-10/h1-2,7,9,13H,3-6,12H2/t9-/m1/s1. The molecule has 82 valence electrons. The predicted octanol–water partition coefficient (Wildman–Crippen LogP) is 0.840. The van der Waals surface area contributed by atoms with E-state index in [2.05, 4.69) is 0 Å². The van der Waals surface area contributed by atoms with Gasteiger partial charge in [-0.15, -0.1) is 0 Å². The molecule has 0 radical (unpaired) electrons. The molecule has 0 aliphatic carbocycles. The Morgan fingerprint density at radius 2 is 2.00 bits per heavy atom.